The zero-order valence-electron chi connectivity index (χ0n) is 11.0. The molecule has 0 radical (unpaired) electrons. The number of carbonyl (C=O) groups is 1. The molecule has 0 saturated carbocycles. The number of aliphatic carboxylic acids is 1. The zero-order valence-corrected chi connectivity index (χ0v) is 11.8. The summed E-state index contributed by atoms with van der Waals surface area (Å²) in [6.07, 6.45) is 0.0469. The molecule has 2 aromatic rings. The second-order valence-electron chi connectivity index (χ2n) is 4.54. The summed E-state index contributed by atoms with van der Waals surface area (Å²) in [5.41, 5.74) is 1.06. The van der Waals surface area contributed by atoms with E-state index in [0.29, 0.717) is 11.2 Å². The number of benzene rings is 1. The summed E-state index contributed by atoms with van der Waals surface area (Å²) in [7, 11) is -3.76. The first-order valence-electron chi connectivity index (χ1n) is 6.23. The maximum atomic E-state index is 12.1. The maximum absolute atomic E-state index is 12.1. The van der Waals surface area contributed by atoms with Gasteiger partial charge in [0.2, 0.25) is 0 Å². The number of fused-ring (bicyclic) bond motifs is 1. The number of rotatable bonds is 5. The highest BCUT2D eigenvalue weighted by molar-refractivity contribution is 7.92. The molecule has 0 aliphatic rings. The lowest BCUT2D eigenvalue weighted by molar-refractivity contribution is -0.136. The molecular weight excluding hydrogens is 278 g/mol. The minimum atomic E-state index is -3.76. The lowest BCUT2D eigenvalue weighted by Gasteiger charge is -2.11. The Hall–Kier alpha value is -1.95. The highest BCUT2D eigenvalue weighted by Crippen LogP contribution is 2.16. The summed E-state index contributed by atoms with van der Waals surface area (Å²) in [6.45, 7) is 1.55. The van der Waals surface area contributed by atoms with Gasteiger partial charge in [-0.05, 0) is 18.6 Å². The zero-order chi connectivity index (χ0) is 14.8. The number of para-hydroxylation sites is 1. The predicted molar refractivity (Wildman–Crippen MR) is 76.1 cm³/mol. The maximum Gasteiger partial charge on any atom is 0.321 e. The molecule has 1 unspecified atom stereocenters. The number of nitrogens with zero attached hydrogens (tertiary/aromatic N) is 1. The first-order chi connectivity index (χ1) is 9.44. The van der Waals surface area contributed by atoms with E-state index in [1.165, 1.54) is 0 Å². The molecule has 0 fully saturated rings. The van der Waals surface area contributed by atoms with Gasteiger partial charge < -0.3 is 5.11 Å². The van der Waals surface area contributed by atoms with Crippen LogP contribution in [0, 0.1) is 0 Å². The van der Waals surface area contributed by atoms with Crippen molar-refractivity contribution in [3.63, 3.8) is 0 Å². The molecule has 0 spiro atoms. The van der Waals surface area contributed by atoms with Gasteiger partial charge in [-0.25, -0.2) is 8.42 Å². The van der Waals surface area contributed by atoms with Crippen LogP contribution in [0.1, 0.15) is 19.0 Å². The molecular formula is C14H15NO4S. The van der Waals surface area contributed by atoms with Crippen LogP contribution in [0.2, 0.25) is 0 Å². The van der Waals surface area contributed by atoms with E-state index in [9.17, 15) is 13.2 Å². The molecule has 2 rings (SSSR count). The topological polar surface area (TPSA) is 84.3 Å². The molecule has 0 amide bonds. The normalized spacial score (nSPS) is 13.2. The summed E-state index contributed by atoms with van der Waals surface area (Å²) in [4.78, 5) is 15.2. The SMILES string of the molecule is CCC(C(=O)O)S(=O)(=O)Cc1ccc2ccccc2n1. The van der Waals surface area contributed by atoms with Crippen molar-refractivity contribution in [2.45, 2.75) is 24.3 Å². The lowest BCUT2D eigenvalue weighted by Crippen LogP contribution is -2.30. The van der Waals surface area contributed by atoms with E-state index >= 15 is 0 Å². The van der Waals surface area contributed by atoms with E-state index < -0.39 is 21.1 Å². The van der Waals surface area contributed by atoms with Crippen molar-refractivity contribution in [2.24, 2.45) is 0 Å². The van der Waals surface area contributed by atoms with Gasteiger partial charge in [0.05, 0.1) is 17.0 Å². The van der Waals surface area contributed by atoms with E-state index in [0.717, 1.165) is 5.39 Å². The first kappa shape index (κ1) is 14.5. The predicted octanol–water partition coefficient (Wildman–Crippen LogP) is 2.01. The summed E-state index contributed by atoms with van der Waals surface area (Å²) >= 11 is 0. The van der Waals surface area contributed by atoms with Crippen LogP contribution in [0.25, 0.3) is 10.9 Å². The smallest absolute Gasteiger partial charge is 0.321 e. The molecule has 1 heterocycles. The minimum absolute atomic E-state index is 0.0469. The van der Waals surface area contributed by atoms with Gasteiger partial charge in [-0.15, -0.1) is 0 Å². The number of pyridine rings is 1. The van der Waals surface area contributed by atoms with Crippen LogP contribution in [0.4, 0.5) is 0 Å². The van der Waals surface area contributed by atoms with E-state index in [1.54, 1.807) is 25.1 Å². The standard InChI is InChI=1S/C14H15NO4S/c1-2-13(14(16)17)20(18,19)9-11-8-7-10-5-3-4-6-12(10)15-11/h3-8,13H,2,9H2,1H3,(H,16,17). The van der Waals surface area contributed by atoms with Crippen molar-refractivity contribution in [3.8, 4) is 0 Å². The molecule has 20 heavy (non-hydrogen) atoms. The number of hydrogen-bond acceptors (Lipinski definition) is 4. The highest BCUT2D eigenvalue weighted by Gasteiger charge is 2.31. The van der Waals surface area contributed by atoms with Crippen molar-refractivity contribution in [1.82, 2.24) is 4.98 Å². The monoisotopic (exact) mass is 293 g/mol. The highest BCUT2D eigenvalue weighted by atomic mass is 32.2. The number of sulfone groups is 1. The van der Waals surface area contributed by atoms with E-state index in [2.05, 4.69) is 4.98 Å². The first-order valence-corrected chi connectivity index (χ1v) is 7.94. The van der Waals surface area contributed by atoms with Gasteiger partial charge in [0, 0.05) is 5.39 Å². The summed E-state index contributed by atoms with van der Waals surface area (Å²) in [5, 5.41) is 8.50. The second kappa shape index (κ2) is 5.58. The largest absolute Gasteiger partial charge is 0.480 e. The fourth-order valence-electron chi connectivity index (χ4n) is 2.08. The van der Waals surface area contributed by atoms with Crippen LogP contribution in [0.3, 0.4) is 0 Å². The molecule has 1 aromatic carbocycles. The minimum Gasteiger partial charge on any atom is -0.480 e. The average Bonchev–Trinajstić information content (AvgIpc) is 2.38. The Balaban J connectivity index is 2.33. The quantitative estimate of drug-likeness (QED) is 0.911. The average molecular weight is 293 g/mol. The third kappa shape index (κ3) is 2.96. The van der Waals surface area contributed by atoms with Crippen LogP contribution in [0.5, 0.6) is 0 Å². The Bertz CT molecular complexity index is 740. The molecule has 1 aromatic heterocycles. The van der Waals surface area contributed by atoms with Crippen molar-refractivity contribution >= 4 is 26.7 Å². The molecule has 0 saturated heterocycles. The molecule has 0 bridgehead atoms. The summed E-state index contributed by atoms with van der Waals surface area (Å²) < 4.78 is 24.2. The van der Waals surface area contributed by atoms with Crippen LogP contribution >= 0.6 is 0 Å². The molecule has 0 aliphatic heterocycles. The molecule has 106 valence electrons. The molecule has 5 nitrogen and oxygen atoms in total. The Morgan fingerprint density at radius 1 is 1.25 bits per heavy atom. The van der Waals surface area contributed by atoms with Gasteiger partial charge >= 0.3 is 5.97 Å². The Morgan fingerprint density at radius 2 is 1.95 bits per heavy atom. The van der Waals surface area contributed by atoms with Crippen LogP contribution in [-0.2, 0) is 20.4 Å². The van der Waals surface area contributed by atoms with Crippen LogP contribution in [-0.4, -0.2) is 29.7 Å². The number of aromatic nitrogens is 1. The van der Waals surface area contributed by atoms with Crippen LogP contribution in [0.15, 0.2) is 36.4 Å². The number of carboxylic acid groups (broad SMARTS) is 1. The summed E-state index contributed by atoms with van der Waals surface area (Å²) in [5.74, 6) is -1.67. The number of carboxylic acids is 1. The Morgan fingerprint density at radius 3 is 2.60 bits per heavy atom. The van der Waals surface area contributed by atoms with Gasteiger partial charge in [0.25, 0.3) is 0 Å². The fourth-order valence-corrected chi connectivity index (χ4v) is 3.67. The summed E-state index contributed by atoms with van der Waals surface area (Å²) in [6, 6.07) is 10.8. The third-order valence-electron chi connectivity index (χ3n) is 3.08. The number of hydrogen-bond donors (Lipinski definition) is 1. The van der Waals surface area contributed by atoms with Crippen molar-refractivity contribution in [1.29, 1.82) is 0 Å². The van der Waals surface area contributed by atoms with Crippen molar-refractivity contribution in [3.05, 3.63) is 42.1 Å². The Kier molecular flexibility index (Phi) is 4.04. The Labute approximate surface area is 117 Å². The van der Waals surface area contributed by atoms with Gasteiger partial charge in [0.15, 0.2) is 15.1 Å². The third-order valence-corrected chi connectivity index (χ3v) is 5.18. The molecule has 6 heteroatoms. The van der Waals surface area contributed by atoms with E-state index in [1.807, 2.05) is 18.2 Å². The van der Waals surface area contributed by atoms with E-state index in [-0.39, 0.29) is 12.2 Å². The van der Waals surface area contributed by atoms with Gasteiger partial charge in [-0.3, -0.25) is 9.78 Å². The van der Waals surface area contributed by atoms with Gasteiger partial charge in [0.1, 0.15) is 0 Å². The van der Waals surface area contributed by atoms with Crippen molar-refractivity contribution < 1.29 is 18.3 Å². The molecule has 0 aliphatic carbocycles. The van der Waals surface area contributed by atoms with Gasteiger partial charge in [-0.2, -0.15) is 0 Å². The molecule has 1 atom stereocenters. The van der Waals surface area contributed by atoms with Crippen LogP contribution < -0.4 is 0 Å². The van der Waals surface area contributed by atoms with Crippen molar-refractivity contribution in [2.75, 3.05) is 0 Å². The fraction of sp³-hybridized carbons (Fsp3) is 0.286. The van der Waals surface area contributed by atoms with Gasteiger partial charge in [-0.1, -0.05) is 31.2 Å². The van der Waals surface area contributed by atoms with E-state index in [4.69, 9.17) is 5.11 Å². The second-order valence-corrected chi connectivity index (χ2v) is 6.72. The molecule has 1 N–H and O–H groups in total. The lowest BCUT2D eigenvalue weighted by atomic mass is 10.2.